The molecule has 1 unspecified atom stereocenters. The summed E-state index contributed by atoms with van der Waals surface area (Å²) in [7, 11) is 4.20. The molecule has 33 heavy (non-hydrogen) atoms. The van der Waals surface area contributed by atoms with Gasteiger partial charge in [0.05, 0.1) is 34.1 Å². The molecule has 6 nitrogen and oxygen atoms in total. The van der Waals surface area contributed by atoms with E-state index in [1.807, 2.05) is 36.7 Å². The first-order valence-corrected chi connectivity index (χ1v) is 12.2. The van der Waals surface area contributed by atoms with Crippen molar-refractivity contribution >= 4 is 27.4 Å². The zero-order chi connectivity index (χ0) is 23.2. The minimum Gasteiger partial charge on any atom is -0.494 e. The van der Waals surface area contributed by atoms with Crippen LogP contribution in [0.3, 0.4) is 0 Å². The number of nitrogens with zero attached hydrogens (tertiary/aromatic N) is 4. The quantitative estimate of drug-likeness (QED) is 0.294. The molecule has 4 aromatic rings. The minimum atomic E-state index is 0.0772. The van der Waals surface area contributed by atoms with Crippen LogP contribution >= 0.6 is 11.3 Å². The Balaban J connectivity index is 1.43. The molecule has 0 aliphatic carbocycles. The zero-order valence-corrected chi connectivity index (χ0v) is 20.5. The number of hydrogen-bond donors (Lipinski definition) is 1. The van der Waals surface area contributed by atoms with Gasteiger partial charge in [0, 0.05) is 11.6 Å². The third-order valence-corrected chi connectivity index (χ3v) is 6.25. The maximum atomic E-state index is 5.98. The molecule has 0 saturated heterocycles. The van der Waals surface area contributed by atoms with E-state index in [4.69, 9.17) is 4.74 Å². The predicted molar refractivity (Wildman–Crippen MR) is 137 cm³/mol. The first-order valence-electron chi connectivity index (χ1n) is 11.3. The van der Waals surface area contributed by atoms with Gasteiger partial charge in [-0.2, -0.15) is 0 Å². The number of ether oxygens (including phenoxy) is 1. The molecule has 0 aliphatic heterocycles. The smallest absolute Gasteiger partial charge is 0.130 e. The molecule has 2 aromatic carbocycles. The second-order valence-electron chi connectivity index (χ2n) is 8.52. The Morgan fingerprint density at radius 3 is 2.79 bits per heavy atom. The Labute approximate surface area is 199 Å². The fraction of sp³-hybridized carbons (Fsp3) is 0.346. The van der Waals surface area contributed by atoms with Gasteiger partial charge in [0.1, 0.15) is 17.4 Å². The molecular weight excluding hydrogens is 430 g/mol. The van der Waals surface area contributed by atoms with Crippen LogP contribution in [0, 0.1) is 6.92 Å². The Bertz CT molecular complexity index is 1210. The number of thiazole rings is 1. The Morgan fingerprint density at radius 1 is 1.06 bits per heavy atom. The van der Waals surface area contributed by atoms with Crippen LogP contribution in [-0.4, -0.2) is 47.1 Å². The maximum absolute atomic E-state index is 5.98. The van der Waals surface area contributed by atoms with Crippen molar-refractivity contribution < 1.29 is 4.74 Å². The molecule has 0 aliphatic rings. The Morgan fingerprint density at radius 2 is 1.94 bits per heavy atom. The third-order valence-electron chi connectivity index (χ3n) is 5.46. The monoisotopic (exact) mass is 461 g/mol. The summed E-state index contributed by atoms with van der Waals surface area (Å²) in [6.45, 7) is 5.88. The lowest BCUT2D eigenvalue weighted by Crippen LogP contribution is -2.13. The number of aromatic nitrogens is 3. The van der Waals surface area contributed by atoms with Crippen molar-refractivity contribution in [1.29, 1.82) is 0 Å². The molecule has 0 bridgehead atoms. The van der Waals surface area contributed by atoms with Gasteiger partial charge in [0.2, 0.25) is 0 Å². The largest absolute Gasteiger partial charge is 0.494 e. The first-order chi connectivity index (χ1) is 16.0. The van der Waals surface area contributed by atoms with E-state index in [0.717, 1.165) is 70.4 Å². The minimum absolute atomic E-state index is 0.0772. The standard InChI is InChI=1S/C26H31N5OS/c1-18(20-8-7-9-22(14-20)32-13-6-5-12-31(3)4)28-26-16-24(29-19(2)30-26)21-10-11-23-25(15-21)33-17-27-23/h7-11,14-18H,5-6,12-13H2,1-4H3,(H,28,29,30). The van der Waals surface area contributed by atoms with Gasteiger partial charge in [-0.25, -0.2) is 15.0 Å². The van der Waals surface area contributed by atoms with Crippen LogP contribution in [0.25, 0.3) is 21.5 Å². The van der Waals surface area contributed by atoms with Crippen molar-refractivity contribution in [1.82, 2.24) is 19.9 Å². The van der Waals surface area contributed by atoms with Crippen LogP contribution in [0.2, 0.25) is 0 Å². The molecular formula is C26H31N5OS. The van der Waals surface area contributed by atoms with E-state index in [1.165, 1.54) is 0 Å². The molecule has 4 rings (SSSR count). The number of nitrogens with one attached hydrogen (secondary N) is 1. The van der Waals surface area contributed by atoms with E-state index in [1.54, 1.807) is 11.3 Å². The second kappa shape index (κ2) is 10.7. The molecule has 0 amide bonds. The molecule has 2 aromatic heterocycles. The van der Waals surface area contributed by atoms with Crippen LogP contribution < -0.4 is 10.1 Å². The van der Waals surface area contributed by atoms with E-state index in [-0.39, 0.29) is 6.04 Å². The van der Waals surface area contributed by atoms with Crippen molar-refractivity contribution in [3.8, 4) is 17.0 Å². The summed E-state index contributed by atoms with van der Waals surface area (Å²) in [6, 6.07) is 16.6. The van der Waals surface area contributed by atoms with Crippen LogP contribution in [-0.2, 0) is 0 Å². The highest BCUT2D eigenvalue weighted by molar-refractivity contribution is 7.16. The zero-order valence-electron chi connectivity index (χ0n) is 19.7. The Kier molecular flexibility index (Phi) is 7.52. The SMILES string of the molecule is Cc1nc(NC(C)c2cccc(OCCCCN(C)C)c2)cc(-c2ccc3ncsc3c2)n1. The highest BCUT2D eigenvalue weighted by Crippen LogP contribution is 2.28. The van der Waals surface area contributed by atoms with Gasteiger partial charge < -0.3 is 15.0 Å². The molecule has 0 radical (unpaired) electrons. The van der Waals surface area contributed by atoms with Crippen LogP contribution in [0.4, 0.5) is 5.82 Å². The first kappa shape index (κ1) is 23.1. The van der Waals surface area contributed by atoms with Gasteiger partial charge in [-0.05, 0) is 77.2 Å². The summed E-state index contributed by atoms with van der Waals surface area (Å²) in [5.74, 6) is 2.45. The topological polar surface area (TPSA) is 63.2 Å². The Hall–Kier alpha value is -3.03. The number of benzene rings is 2. The summed E-state index contributed by atoms with van der Waals surface area (Å²) < 4.78 is 7.13. The van der Waals surface area contributed by atoms with Crippen molar-refractivity contribution in [3.05, 3.63) is 65.4 Å². The second-order valence-corrected chi connectivity index (χ2v) is 9.40. The van der Waals surface area contributed by atoms with E-state index in [9.17, 15) is 0 Å². The number of hydrogen-bond acceptors (Lipinski definition) is 7. The van der Waals surface area contributed by atoms with Crippen molar-refractivity contribution in [3.63, 3.8) is 0 Å². The summed E-state index contributed by atoms with van der Waals surface area (Å²) in [5, 5.41) is 3.54. The molecule has 0 saturated carbocycles. The van der Waals surface area contributed by atoms with Crippen LogP contribution in [0.1, 0.15) is 37.2 Å². The molecule has 0 fully saturated rings. The normalized spacial score (nSPS) is 12.3. The van der Waals surface area contributed by atoms with Gasteiger partial charge in [-0.3, -0.25) is 0 Å². The number of fused-ring (bicyclic) bond motifs is 1. The molecule has 1 N–H and O–H groups in total. The van der Waals surface area contributed by atoms with Gasteiger partial charge >= 0.3 is 0 Å². The summed E-state index contributed by atoms with van der Waals surface area (Å²) >= 11 is 1.64. The predicted octanol–water partition coefficient (Wildman–Crippen LogP) is 5.96. The number of rotatable bonds is 10. The fourth-order valence-corrected chi connectivity index (χ4v) is 4.42. The average molecular weight is 462 g/mol. The third kappa shape index (κ3) is 6.27. The molecule has 2 heterocycles. The van der Waals surface area contributed by atoms with Crippen molar-refractivity contribution in [2.45, 2.75) is 32.7 Å². The number of unbranched alkanes of at least 4 members (excludes halogenated alkanes) is 1. The van der Waals surface area contributed by atoms with E-state index in [2.05, 4.69) is 70.5 Å². The molecule has 0 spiro atoms. The van der Waals surface area contributed by atoms with Crippen LogP contribution in [0.5, 0.6) is 5.75 Å². The van der Waals surface area contributed by atoms with Gasteiger partial charge in [0.15, 0.2) is 0 Å². The fourth-order valence-electron chi connectivity index (χ4n) is 3.70. The van der Waals surface area contributed by atoms with E-state index in [0.29, 0.717) is 0 Å². The lowest BCUT2D eigenvalue weighted by molar-refractivity contribution is 0.293. The van der Waals surface area contributed by atoms with Gasteiger partial charge in [0.25, 0.3) is 0 Å². The van der Waals surface area contributed by atoms with Crippen molar-refractivity contribution in [2.24, 2.45) is 0 Å². The highest BCUT2D eigenvalue weighted by atomic mass is 32.1. The maximum Gasteiger partial charge on any atom is 0.130 e. The number of anilines is 1. The molecule has 7 heteroatoms. The summed E-state index contributed by atoms with van der Waals surface area (Å²) in [6.07, 6.45) is 2.18. The summed E-state index contributed by atoms with van der Waals surface area (Å²) in [5.41, 5.74) is 6.02. The molecule has 1 atom stereocenters. The lowest BCUT2D eigenvalue weighted by atomic mass is 10.1. The molecule has 172 valence electrons. The van der Waals surface area contributed by atoms with Crippen molar-refractivity contribution in [2.75, 3.05) is 32.6 Å². The van der Waals surface area contributed by atoms with E-state index >= 15 is 0 Å². The highest BCUT2D eigenvalue weighted by Gasteiger charge is 2.11. The lowest BCUT2D eigenvalue weighted by Gasteiger charge is -2.17. The van der Waals surface area contributed by atoms with Gasteiger partial charge in [-0.15, -0.1) is 11.3 Å². The number of aryl methyl sites for hydroxylation is 1. The van der Waals surface area contributed by atoms with Crippen LogP contribution in [0.15, 0.2) is 54.0 Å². The van der Waals surface area contributed by atoms with E-state index < -0.39 is 0 Å². The summed E-state index contributed by atoms with van der Waals surface area (Å²) in [4.78, 5) is 15.8. The van der Waals surface area contributed by atoms with Gasteiger partial charge in [-0.1, -0.05) is 18.2 Å². The average Bonchev–Trinajstić information content (AvgIpc) is 3.26.